The predicted molar refractivity (Wildman–Crippen MR) is 49.2 cm³/mol. The zero-order chi connectivity index (χ0) is 9.31. The largest absolute Gasteiger partial charge is 0.393 e. The van der Waals surface area contributed by atoms with Gasteiger partial charge in [0.2, 0.25) is 5.91 Å². The van der Waals surface area contributed by atoms with Crippen LogP contribution in [0.1, 0.15) is 44.9 Å². The smallest absolute Gasteiger partial charge is 0.220 e. The predicted octanol–water partition coefficient (Wildman–Crippen LogP) is 0.960. The molecule has 74 valence electrons. The summed E-state index contributed by atoms with van der Waals surface area (Å²) < 4.78 is 0. The number of hydrogen-bond acceptors (Lipinski definition) is 2. The molecule has 2 aliphatic rings. The van der Waals surface area contributed by atoms with Crippen LogP contribution in [0.15, 0.2) is 0 Å². The minimum Gasteiger partial charge on any atom is -0.393 e. The summed E-state index contributed by atoms with van der Waals surface area (Å²) in [5.41, 5.74) is -0.0486. The Bertz CT molecular complexity index is 213. The Hall–Kier alpha value is -0.570. The fourth-order valence-corrected chi connectivity index (χ4v) is 2.68. The topological polar surface area (TPSA) is 49.3 Å². The molecule has 1 heterocycles. The third-order valence-corrected chi connectivity index (χ3v) is 3.28. The van der Waals surface area contributed by atoms with Gasteiger partial charge in [-0.25, -0.2) is 0 Å². The Morgan fingerprint density at radius 1 is 1.38 bits per heavy atom. The maximum atomic E-state index is 11.3. The van der Waals surface area contributed by atoms with E-state index in [0.29, 0.717) is 6.42 Å². The van der Waals surface area contributed by atoms with Gasteiger partial charge >= 0.3 is 0 Å². The lowest BCUT2D eigenvalue weighted by Crippen LogP contribution is -2.54. The first-order valence-corrected chi connectivity index (χ1v) is 5.19. The molecule has 1 amide bonds. The molecule has 0 aromatic carbocycles. The van der Waals surface area contributed by atoms with Gasteiger partial charge in [-0.05, 0) is 38.5 Å². The number of aliphatic hydroxyl groups is 1. The summed E-state index contributed by atoms with van der Waals surface area (Å²) in [6.45, 7) is 0. The van der Waals surface area contributed by atoms with E-state index in [0.717, 1.165) is 38.5 Å². The van der Waals surface area contributed by atoms with Crippen LogP contribution in [0.5, 0.6) is 0 Å². The summed E-state index contributed by atoms with van der Waals surface area (Å²) >= 11 is 0. The fourth-order valence-electron chi connectivity index (χ4n) is 2.68. The van der Waals surface area contributed by atoms with Crippen molar-refractivity contribution in [1.82, 2.24) is 5.32 Å². The van der Waals surface area contributed by atoms with Crippen molar-refractivity contribution >= 4 is 5.91 Å². The van der Waals surface area contributed by atoms with Crippen molar-refractivity contribution in [3.63, 3.8) is 0 Å². The van der Waals surface area contributed by atoms with Gasteiger partial charge in [0.1, 0.15) is 0 Å². The zero-order valence-corrected chi connectivity index (χ0v) is 7.88. The summed E-state index contributed by atoms with van der Waals surface area (Å²) in [6, 6.07) is 0. The Morgan fingerprint density at radius 2 is 2.15 bits per heavy atom. The molecular formula is C10H17NO2. The van der Waals surface area contributed by atoms with Crippen LogP contribution in [0.3, 0.4) is 0 Å². The second-order valence-electron chi connectivity index (χ2n) is 4.43. The molecule has 13 heavy (non-hydrogen) atoms. The number of rotatable bonds is 0. The highest BCUT2D eigenvalue weighted by atomic mass is 16.3. The summed E-state index contributed by atoms with van der Waals surface area (Å²) in [6.07, 6.45) is 6.26. The highest BCUT2D eigenvalue weighted by molar-refractivity contribution is 5.77. The molecule has 1 saturated carbocycles. The van der Waals surface area contributed by atoms with E-state index in [1.807, 2.05) is 0 Å². The molecule has 0 aromatic heterocycles. The van der Waals surface area contributed by atoms with E-state index in [9.17, 15) is 9.90 Å². The van der Waals surface area contributed by atoms with Crippen LogP contribution in [-0.2, 0) is 4.79 Å². The van der Waals surface area contributed by atoms with Crippen molar-refractivity contribution in [3.05, 3.63) is 0 Å². The monoisotopic (exact) mass is 183 g/mol. The summed E-state index contributed by atoms with van der Waals surface area (Å²) in [7, 11) is 0. The van der Waals surface area contributed by atoms with E-state index >= 15 is 0 Å². The van der Waals surface area contributed by atoms with Crippen LogP contribution in [0.25, 0.3) is 0 Å². The molecule has 2 fully saturated rings. The molecule has 1 saturated heterocycles. The molecule has 3 nitrogen and oxygen atoms in total. The number of aliphatic hydroxyl groups excluding tert-OH is 1. The van der Waals surface area contributed by atoms with Crippen molar-refractivity contribution in [3.8, 4) is 0 Å². The van der Waals surface area contributed by atoms with Gasteiger partial charge in [0.25, 0.3) is 0 Å². The van der Waals surface area contributed by atoms with E-state index in [-0.39, 0.29) is 17.6 Å². The normalized spacial score (nSPS) is 40.4. The SMILES string of the molecule is O=C1CCC[C@]2(CCC[C@@H](O)C2)N1. The van der Waals surface area contributed by atoms with Gasteiger partial charge in [-0.3, -0.25) is 4.79 Å². The van der Waals surface area contributed by atoms with E-state index in [2.05, 4.69) is 5.32 Å². The first kappa shape index (κ1) is 9.00. The second-order valence-corrected chi connectivity index (χ2v) is 4.43. The number of carbonyl (C=O) groups excluding carboxylic acids is 1. The third kappa shape index (κ3) is 1.85. The molecule has 1 spiro atoms. The highest BCUT2D eigenvalue weighted by Crippen LogP contribution is 2.34. The lowest BCUT2D eigenvalue weighted by molar-refractivity contribution is -0.126. The van der Waals surface area contributed by atoms with Crippen molar-refractivity contribution in [2.45, 2.75) is 56.6 Å². The standard InChI is InChI=1S/C10H17NO2/c12-8-3-1-5-10(7-8)6-2-4-9(13)11-10/h8,12H,1-7H2,(H,11,13)/t8-,10+/m1/s1. The highest BCUT2D eigenvalue weighted by Gasteiger charge is 2.38. The zero-order valence-electron chi connectivity index (χ0n) is 7.88. The number of nitrogens with one attached hydrogen (secondary N) is 1. The Morgan fingerprint density at radius 3 is 2.85 bits per heavy atom. The summed E-state index contributed by atoms with van der Waals surface area (Å²) in [5.74, 6) is 0.167. The second kappa shape index (κ2) is 3.29. The molecule has 0 bridgehead atoms. The molecule has 0 radical (unpaired) electrons. The maximum Gasteiger partial charge on any atom is 0.220 e. The van der Waals surface area contributed by atoms with Gasteiger partial charge in [0.05, 0.1) is 6.10 Å². The minimum absolute atomic E-state index is 0.0486. The molecule has 2 rings (SSSR count). The van der Waals surface area contributed by atoms with Gasteiger partial charge in [0, 0.05) is 12.0 Å². The molecule has 3 heteroatoms. The van der Waals surface area contributed by atoms with Crippen molar-refractivity contribution in [2.24, 2.45) is 0 Å². The third-order valence-electron chi connectivity index (χ3n) is 3.28. The minimum atomic E-state index is -0.202. The van der Waals surface area contributed by atoms with E-state index in [4.69, 9.17) is 0 Å². The van der Waals surface area contributed by atoms with Crippen LogP contribution in [-0.4, -0.2) is 22.7 Å². The summed E-state index contributed by atoms with van der Waals surface area (Å²) in [5, 5.41) is 12.6. The van der Waals surface area contributed by atoms with Gasteiger partial charge in [-0.2, -0.15) is 0 Å². The van der Waals surface area contributed by atoms with Crippen LogP contribution >= 0.6 is 0 Å². The van der Waals surface area contributed by atoms with E-state index in [1.54, 1.807) is 0 Å². The molecule has 0 unspecified atom stereocenters. The fraction of sp³-hybridized carbons (Fsp3) is 0.900. The lowest BCUT2D eigenvalue weighted by atomic mass is 9.75. The maximum absolute atomic E-state index is 11.3. The van der Waals surface area contributed by atoms with Crippen molar-refractivity contribution in [2.75, 3.05) is 0 Å². The number of carbonyl (C=O) groups is 1. The molecule has 0 aromatic rings. The van der Waals surface area contributed by atoms with Crippen LogP contribution in [0, 0.1) is 0 Å². The van der Waals surface area contributed by atoms with Crippen molar-refractivity contribution < 1.29 is 9.90 Å². The molecule has 2 atom stereocenters. The Labute approximate surface area is 78.5 Å². The summed E-state index contributed by atoms with van der Waals surface area (Å²) in [4.78, 5) is 11.3. The number of piperidine rings is 1. The average molecular weight is 183 g/mol. The van der Waals surface area contributed by atoms with Crippen LogP contribution in [0.2, 0.25) is 0 Å². The quantitative estimate of drug-likeness (QED) is 0.587. The first-order valence-electron chi connectivity index (χ1n) is 5.19. The van der Waals surface area contributed by atoms with Gasteiger partial charge < -0.3 is 10.4 Å². The average Bonchev–Trinajstić information content (AvgIpc) is 2.02. The molecular weight excluding hydrogens is 166 g/mol. The molecule has 2 N–H and O–H groups in total. The Balaban J connectivity index is 2.04. The van der Waals surface area contributed by atoms with Crippen molar-refractivity contribution in [1.29, 1.82) is 0 Å². The van der Waals surface area contributed by atoms with E-state index < -0.39 is 0 Å². The van der Waals surface area contributed by atoms with Gasteiger partial charge in [0.15, 0.2) is 0 Å². The Kier molecular flexibility index (Phi) is 2.28. The van der Waals surface area contributed by atoms with Gasteiger partial charge in [-0.15, -0.1) is 0 Å². The lowest BCUT2D eigenvalue weighted by Gasteiger charge is -2.42. The molecule has 1 aliphatic carbocycles. The van der Waals surface area contributed by atoms with Crippen LogP contribution < -0.4 is 5.32 Å². The molecule has 1 aliphatic heterocycles. The van der Waals surface area contributed by atoms with Gasteiger partial charge in [-0.1, -0.05) is 0 Å². The van der Waals surface area contributed by atoms with Crippen LogP contribution in [0.4, 0.5) is 0 Å². The number of hydrogen-bond donors (Lipinski definition) is 2. The van der Waals surface area contributed by atoms with E-state index in [1.165, 1.54) is 0 Å². The first-order chi connectivity index (χ1) is 6.20. The number of amides is 1.